The van der Waals surface area contributed by atoms with Crippen LogP contribution in [0.15, 0.2) is 0 Å². The molecule has 0 saturated carbocycles. The van der Waals surface area contributed by atoms with Gasteiger partial charge < -0.3 is 14.5 Å². The molecule has 2 heterocycles. The minimum atomic E-state index is -0.471. The van der Waals surface area contributed by atoms with Crippen LogP contribution in [0.25, 0.3) is 0 Å². The van der Waals surface area contributed by atoms with Crippen molar-refractivity contribution in [2.45, 2.75) is 71.1 Å². The largest absolute Gasteiger partial charge is 0.444 e. The van der Waals surface area contributed by atoms with Gasteiger partial charge in [-0.15, -0.1) is 0 Å². The van der Waals surface area contributed by atoms with E-state index in [2.05, 4.69) is 6.92 Å². The van der Waals surface area contributed by atoms with Crippen molar-refractivity contribution < 1.29 is 14.3 Å². The van der Waals surface area contributed by atoms with E-state index < -0.39 is 5.60 Å². The lowest BCUT2D eigenvalue weighted by atomic mass is 10.0. The number of hydrogen-bond acceptors (Lipinski definition) is 3. The quantitative estimate of drug-likeness (QED) is 0.742. The molecule has 2 aliphatic heterocycles. The topological polar surface area (TPSA) is 49.9 Å². The van der Waals surface area contributed by atoms with Crippen LogP contribution in [0.5, 0.6) is 0 Å². The molecule has 1 unspecified atom stereocenters. The second-order valence-corrected chi connectivity index (χ2v) is 6.91. The fraction of sp³-hybridized carbons (Fsp3) is 0.867. The van der Waals surface area contributed by atoms with Gasteiger partial charge in [0.25, 0.3) is 0 Å². The van der Waals surface area contributed by atoms with E-state index in [-0.39, 0.29) is 18.0 Å². The minimum Gasteiger partial charge on any atom is -0.444 e. The van der Waals surface area contributed by atoms with Gasteiger partial charge in [0.15, 0.2) is 0 Å². The van der Waals surface area contributed by atoms with Gasteiger partial charge in [-0.25, -0.2) is 4.79 Å². The summed E-state index contributed by atoms with van der Waals surface area (Å²) in [5.41, 5.74) is -0.471. The number of ether oxygens (including phenoxy) is 1. The van der Waals surface area contributed by atoms with Gasteiger partial charge in [0, 0.05) is 31.6 Å². The number of amides is 2. The smallest absolute Gasteiger partial charge is 0.410 e. The van der Waals surface area contributed by atoms with Gasteiger partial charge in [0.1, 0.15) is 5.60 Å². The van der Waals surface area contributed by atoms with Crippen LogP contribution in [-0.4, -0.2) is 52.6 Å². The predicted octanol–water partition coefficient (Wildman–Crippen LogP) is 2.40. The van der Waals surface area contributed by atoms with Crippen LogP contribution in [0.1, 0.15) is 53.4 Å². The van der Waals surface area contributed by atoms with Crippen molar-refractivity contribution in [3.05, 3.63) is 0 Å². The van der Waals surface area contributed by atoms with Gasteiger partial charge in [-0.1, -0.05) is 0 Å². The minimum absolute atomic E-state index is 0.154. The molecule has 0 spiro atoms. The molecule has 0 aliphatic carbocycles. The maximum atomic E-state index is 12.1. The lowest BCUT2D eigenvalue weighted by Gasteiger charge is -2.39. The molecule has 0 aromatic carbocycles. The van der Waals surface area contributed by atoms with E-state index in [1.807, 2.05) is 25.7 Å². The third-order valence-corrected chi connectivity index (χ3v) is 3.98. The molecule has 0 aromatic heterocycles. The van der Waals surface area contributed by atoms with Crippen molar-refractivity contribution in [3.63, 3.8) is 0 Å². The monoisotopic (exact) mass is 282 g/mol. The first-order valence-electron chi connectivity index (χ1n) is 7.57. The Hall–Kier alpha value is -1.26. The van der Waals surface area contributed by atoms with Crippen LogP contribution in [-0.2, 0) is 9.53 Å². The normalized spacial score (nSPS) is 27.9. The SMILES string of the molecule is CC1CCC(=O)N1[C@H]1CCCN(C(=O)OC(C)(C)C)C1. The fourth-order valence-corrected chi connectivity index (χ4v) is 3.08. The fourth-order valence-electron chi connectivity index (χ4n) is 3.08. The molecule has 0 bridgehead atoms. The Bertz CT molecular complexity index is 389. The molecule has 2 amide bonds. The maximum absolute atomic E-state index is 12.1. The van der Waals surface area contributed by atoms with Gasteiger partial charge >= 0.3 is 6.09 Å². The summed E-state index contributed by atoms with van der Waals surface area (Å²) in [6.45, 7) is 9.04. The molecule has 2 fully saturated rings. The zero-order valence-electron chi connectivity index (χ0n) is 13.0. The highest BCUT2D eigenvalue weighted by molar-refractivity contribution is 5.79. The molecule has 2 aliphatic rings. The van der Waals surface area contributed by atoms with Gasteiger partial charge in [-0.2, -0.15) is 0 Å². The van der Waals surface area contributed by atoms with Crippen molar-refractivity contribution in [1.29, 1.82) is 0 Å². The van der Waals surface area contributed by atoms with Crippen molar-refractivity contribution in [2.75, 3.05) is 13.1 Å². The summed E-state index contributed by atoms with van der Waals surface area (Å²) < 4.78 is 5.43. The zero-order valence-corrected chi connectivity index (χ0v) is 13.0. The van der Waals surface area contributed by atoms with Crippen LogP contribution in [0, 0.1) is 0 Å². The molecule has 20 heavy (non-hydrogen) atoms. The molecule has 2 rings (SSSR count). The molecule has 0 aromatic rings. The molecular weight excluding hydrogens is 256 g/mol. The van der Waals surface area contributed by atoms with E-state index in [0.29, 0.717) is 19.0 Å². The maximum Gasteiger partial charge on any atom is 0.410 e. The second-order valence-electron chi connectivity index (χ2n) is 6.91. The third-order valence-electron chi connectivity index (χ3n) is 3.98. The van der Waals surface area contributed by atoms with Crippen molar-refractivity contribution in [3.8, 4) is 0 Å². The number of piperidine rings is 1. The number of carbonyl (C=O) groups is 2. The molecule has 2 atom stereocenters. The summed E-state index contributed by atoms with van der Waals surface area (Å²) in [5.74, 6) is 0.230. The highest BCUT2D eigenvalue weighted by Gasteiger charge is 2.37. The van der Waals surface area contributed by atoms with E-state index in [9.17, 15) is 9.59 Å². The highest BCUT2D eigenvalue weighted by Crippen LogP contribution is 2.26. The van der Waals surface area contributed by atoms with Crippen molar-refractivity contribution in [1.82, 2.24) is 9.80 Å². The van der Waals surface area contributed by atoms with Crippen LogP contribution < -0.4 is 0 Å². The molecule has 5 heteroatoms. The Morgan fingerprint density at radius 1 is 1.30 bits per heavy atom. The summed E-state index contributed by atoms with van der Waals surface area (Å²) >= 11 is 0. The average Bonchev–Trinajstić information content (AvgIpc) is 2.67. The van der Waals surface area contributed by atoms with Gasteiger partial charge in [0.2, 0.25) is 5.91 Å². The zero-order chi connectivity index (χ0) is 14.9. The lowest BCUT2D eigenvalue weighted by Crippen LogP contribution is -2.52. The molecule has 0 radical (unpaired) electrons. The predicted molar refractivity (Wildman–Crippen MR) is 76.4 cm³/mol. The molecule has 5 nitrogen and oxygen atoms in total. The Balaban J connectivity index is 1.98. The van der Waals surface area contributed by atoms with E-state index in [1.54, 1.807) is 4.90 Å². The third kappa shape index (κ3) is 3.44. The summed E-state index contributed by atoms with van der Waals surface area (Å²) in [4.78, 5) is 27.8. The van der Waals surface area contributed by atoms with Crippen molar-refractivity contribution in [2.24, 2.45) is 0 Å². The number of rotatable bonds is 1. The summed E-state index contributed by atoms with van der Waals surface area (Å²) in [6.07, 6.45) is 3.23. The Morgan fingerprint density at radius 2 is 2.00 bits per heavy atom. The number of nitrogens with zero attached hydrogens (tertiary/aromatic N) is 2. The highest BCUT2D eigenvalue weighted by atomic mass is 16.6. The number of hydrogen-bond donors (Lipinski definition) is 0. The Kier molecular flexibility index (Phi) is 4.25. The summed E-state index contributed by atoms with van der Waals surface area (Å²) in [6, 6.07) is 0.451. The first-order valence-corrected chi connectivity index (χ1v) is 7.57. The first-order chi connectivity index (χ1) is 9.28. The first kappa shape index (κ1) is 15.1. The number of carbonyl (C=O) groups excluding carboxylic acids is 2. The molecule has 0 N–H and O–H groups in total. The van der Waals surface area contributed by atoms with Gasteiger partial charge in [0.05, 0.1) is 0 Å². The van der Waals surface area contributed by atoms with Crippen LogP contribution in [0.2, 0.25) is 0 Å². The van der Waals surface area contributed by atoms with E-state index in [0.717, 1.165) is 25.8 Å². The Morgan fingerprint density at radius 3 is 2.55 bits per heavy atom. The van der Waals surface area contributed by atoms with Gasteiger partial charge in [-0.05, 0) is 47.0 Å². The van der Waals surface area contributed by atoms with E-state index >= 15 is 0 Å². The Labute approximate surface area is 121 Å². The van der Waals surface area contributed by atoms with Crippen LogP contribution >= 0.6 is 0 Å². The van der Waals surface area contributed by atoms with Crippen LogP contribution in [0.4, 0.5) is 4.79 Å². The van der Waals surface area contributed by atoms with E-state index in [1.165, 1.54) is 0 Å². The lowest BCUT2D eigenvalue weighted by molar-refractivity contribution is -0.132. The number of likely N-dealkylation sites (tertiary alicyclic amines) is 2. The standard InChI is InChI=1S/C15H26N2O3/c1-11-7-8-13(18)17(11)12-6-5-9-16(10-12)14(19)20-15(2,3)4/h11-12H,5-10H2,1-4H3/t11?,12-/m0/s1. The van der Waals surface area contributed by atoms with Crippen LogP contribution in [0.3, 0.4) is 0 Å². The molecule has 2 saturated heterocycles. The molecule has 114 valence electrons. The second kappa shape index (κ2) is 5.62. The summed E-state index contributed by atoms with van der Waals surface area (Å²) in [5, 5.41) is 0. The average molecular weight is 282 g/mol. The van der Waals surface area contributed by atoms with E-state index in [4.69, 9.17) is 4.74 Å². The molecular formula is C15H26N2O3. The summed E-state index contributed by atoms with van der Waals surface area (Å²) in [7, 11) is 0. The van der Waals surface area contributed by atoms with Crippen molar-refractivity contribution >= 4 is 12.0 Å². The van der Waals surface area contributed by atoms with Gasteiger partial charge in [-0.3, -0.25) is 4.79 Å².